The molecule has 0 radical (unpaired) electrons. The summed E-state index contributed by atoms with van der Waals surface area (Å²) in [6.07, 6.45) is 0. The summed E-state index contributed by atoms with van der Waals surface area (Å²) in [6, 6.07) is 0. The van der Waals surface area contributed by atoms with Gasteiger partial charge in [0.2, 0.25) is 0 Å². The molecule has 0 aromatic rings. The van der Waals surface area contributed by atoms with Gasteiger partial charge in [-0.25, -0.2) is 5.01 Å². The Hall–Kier alpha value is -1.39. The Morgan fingerprint density at radius 3 is 2.08 bits per heavy atom. The zero-order valence-electron chi connectivity index (χ0n) is 8.12. The Morgan fingerprint density at radius 2 is 1.85 bits per heavy atom. The number of hydrazone groups is 1. The highest BCUT2D eigenvalue weighted by molar-refractivity contribution is 6.64. The third kappa shape index (κ3) is 1.54. The molecule has 72 valence electrons. The topological polar surface area (TPSA) is 59.0 Å². The molecule has 0 spiro atoms. The number of carbonyl (C=O) groups is 2. The first-order valence-electron chi connectivity index (χ1n) is 3.89. The van der Waals surface area contributed by atoms with Gasteiger partial charge in [0.05, 0.1) is 12.6 Å². The zero-order chi connectivity index (χ0) is 10.2. The van der Waals surface area contributed by atoms with Crippen LogP contribution in [0.5, 0.6) is 0 Å². The second kappa shape index (κ2) is 2.83. The lowest BCUT2D eigenvalue weighted by Gasteiger charge is -2.26. The fraction of sp³-hybridized carbons (Fsp3) is 0.625. The minimum absolute atomic E-state index is 0.139. The van der Waals surface area contributed by atoms with Crippen LogP contribution in [0.2, 0.25) is 0 Å². The summed E-state index contributed by atoms with van der Waals surface area (Å²) in [5.41, 5.74) is -0.493. The van der Waals surface area contributed by atoms with E-state index in [1.807, 2.05) is 0 Å². The Labute approximate surface area is 76.3 Å². The molecule has 5 heteroatoms. The summed E-state index contributed by atoms with van der Waals surface area (Å²) in [5, 5.41) is 4.90. The molecule has 0 aliphatic carbocycles. The van der Waals surface area contributed by atoms with Crippen molar-refractivity contribution in [2.24, 2.45) is 5.10 Å². The summed E-state index contributed by atoms with van der Waals surface area (Å²) in [7, 11) is 1.32. The van der Waals surface area contributed by atoms with Gasteiger partial charge in [0.25, 0.3) is 5.90 Å². The Morgan fingerprint density at radius 1 is 1.31 bits per heavy atom. The van der Waals surface area contributed by atoms with Crippen LogP contribution in [-0.4, -0.2) is 35.2 Å². The van der Waals surface area contributed by atoms with E-state index in [1.54, 1.807) is 20.8 Å². The number of rotatable bonds is 0. The average Bonchev–Trinajstić information content (AvgIpc) is 2.28. The molecule has 1 rings (SSSR count). The maximum absolute atomic E-state index is 11.3. The first-order chi connectivity index (χ1) is 5.88. The van der Waals surface area contributed by atoms with E-state index in [1.165, 1.54) is 7.11 Å². The fourth-order valence-electron chi connectivity index (χ4n) is 0.957. The van der Waals surface area contributed by atoms with Crippen LogP contribution in [0.15, 0.2) is 5.10 Å². The standard InChI is InChI=1S/C8H12N2O3/c1-8(2,3)10-7(12)5(11)6(9-10)13-4/h1-4H3. The van der Waals surface area contributed by atoms with Crippen molar-refractivity contribution in [1.29, 1.82) is 0 Å². The zero-order valence-corrected chi connectivity index (χ0v) is 8.12. The van der Waals surface area contributed by atoms with E-state index in [0.717, 1.165) is 5.01 Å². The molecule has 1 amide bonds. The van der Waals surface area contributed by atoms with E-state index in [0.29, 0.717) is 0 Å². The first kappa shape index (κ1) is 9.70. The second-order valence-electron chi connectivity index (χ2n) is 3.73. The van der Waals surface area contributed by atoms with Crippen molar-refractivity contribution in [3.05, 3.63) is 0 Å². The average molecular weight is 184 g/mol. The number of ketones is 1. The minimum atomic E-state index is -0.683. The highest BCUT2D eigenvalue weighted by Crippen LogP contribution is 2.18. The fourth-order valence-corrected chi connectivity index (χ4v) is 0.957. The van der Waals surface area contributed by atoms with Crippen LogP contribution in [0.1, 0.15) is 20.8 Å². The summed E-state index contributed by atoms with van der Waals surface area (Å²) in [4.78, 5) is 22.4. The SMILES string of the molecule is COC1=NN(C(C)(C)C)C(=O)C1=O. The number of Topliss-reactive ketones (excluding diaryl/α,β-unsaturated/α-hetero) is 1. The monoisotopic (exact) mass is 184 g/mol. The quantitative estimate of drug-likeness (QED) is 0.504. The molecule has 13 heavy (non-hydrogen) atoms. The maximum atomic E-state index is 11.3. The van der Waals surface area contributed by atoms with Gasteiger partial charge in [0.1, 0.15) is 0 Å². The van der Waals surface area contributed by atoms with Gasteiger partial charge in [0, 0.05) is 0 Å². The van der Waals surface area contributed by atoms with Crippen LogP contribution < -0.4 is 0 Å². The van der Waals surface area contributed by atoms with Crippen LogP contribution in [0.3, 0.4) is 0 Å². The lowest BCUT2D eigenvalue weighted by molar-refractivity contribution is -0.143. The predicted octanol–water partition coefficient (Wildman–Crippen LogP) is 0.156. The molecule has 1 aliphatic rings. The summed E-state index contributed by atoms with van der Waals surface area (Å²) in [5.74, 6) is -1.46. The highest BCUT2D eigenvalue weighted by atomic mass is 16.5. The van der Waals surface area contributed by atoms with E-state index in [-0.39, 0.29) is 5.90 Å². The van der Waals surface area contributed by atoms with Crippen LogP contribution in [0, 0.1) is 0 Å². The number of hydrogen-bond donors (Lipinski definition) is 0. The summed E-state index contributed by atoms with van der Waals surface area (Å²) >= 11 is 0. The molecule has 0 saturated heterocycles. The predicted molar refractivity (Wildman–Crippen MR) is 46.1 cm³/mol. The molecular weight excluding hydrogens is 172 g/mol. The van der Waals surface area contributed by atoms with Crippen molar-refractivity contribution < 1.29 is 14.3 Å². The molecule has 0 N–H and O–H groups in total. The molecule has 0 fully saturated rings. The molecule has 1 heterocycles. The Bertz CT molecular complexity index is 288. The van der Waals surface area contributed by atoms with Crippen molar-refractivity contribution in [2.45, 2.75) is 26.3 Å². The van der Waals surface area contributed by atoms with Gasteiger partial charge in [-0.3, -0.25) is 9.59 Å². The number of amides is 1. The normalized spacial score (nSPS) is 17.8. The van der Waals surface area contributed by atoms with Gasteiger partial charge in [-0.05, 0) is 20.8 Å². The molecule has 0 saturated carbocycles. The lowest BCUT2D eigenvalue weighted by atomic mass is 10.1. The van der Waals surface area contributed by atoms with Crippen LogP contribution >= 0.6 is 0 Å². The second-order valence-corrected chi connectivity index (χ2v) is 3.73. The Balaban J connectivity index is 2.99. The first-order valence-corrected chi connectivity index (χ1v) is 3.89. The van der Waals surface area contributed by atoms with Gasteiger partial charge in [0.15, 0.2) is 0 Å². The number of carbonyl (C=O) groups excluding carboxylic acids is 2. The van der Waals surface area contributed by atoms with E-state index in [9.17, 15) is 9.59 Å². The number of methoxy groups -OCH3 is 1. The number of ether oxygens (including phenoxy) is 1. The lowest BCUT2D eigenvalue weighted by Crippen LogP contribution is -2.41. The maximum Gasteiger partial charge on any atom is 0.320 e. The molecule has 0 unspecified atom stereocenters. The third-order valence-electron chi connectivity index (χ3n) is 1.60. The molecule has 0 atom stereocenters. The van der Waals surface area contributed by atoms with Gasteiger partial charge < -0.3 is 4.74 Å². The van der Waals surface area contributed by atoms with Crippen molar-refractivity contribution >= 4 is 17.6 Å². The molecule has 1 aliphatic heterocycles. The summed E-state index contributed by atoms with van der Waals surface area (Å²) in [6.45, 7) is 5.38. The van der Waals surface area contributed by atoms with E-state index < -0.39 is 17.2 Å². The summed E-state index contributed by atoms with van der Waals surface area (Å²) < 4.78 is 4.66. The smallest absolute Gasteiger partial charge is 0.320 e. The van der Waals surface area contributed by atoms with E-state index >= 15 is 0 Å². The van der Waals surface area contributed by atoms with Gasteiger partial charge in [-0.2, -0.15) is 0 Å². The van der Waals surface area contributed by atoms with Crippen LogP contribution in [0.4, 0.5) is 0 Å². The molecule has 0 aromatic carbocycles. The van der Waals surface area contributed by atoms with Gasteiger partial charge in [-0.1, -0.05) is 0 Å². The van der Waals surface area contributed by atoms with Gasteiger partial charge >= 0.3 is 11.7 Å². The molecular formula is C8H12N2O3. The third-order valence-corrected chi connectivity index (χ3v) is 1.60. The van der Waals surface area contributed by atoms with E-state index in [4.69, 9.17) is 0 Å². The number of hydrogen-bond acceptors (Lipinski definition) is 4. The van der Waals surface area contributed by atoms with Crippen LogP contribution in [0.25, 0.3) is 0 Å². The van der Waals surface area contributed by atoms with E-state index in [2.05, 4.69) is 9.84 Å². The highest BCUT2D eigenvalue weighted by Gasteiger charge is 2.40. The van der Waals surface area contributed by atoms with Crippen LogP contribution in [-0.2, 0) is 14.3 Å². The molecule has 0 bridgehead atoms. The largest absolute Gasteiger partial charge is 0.477 e. The molecule has 5 nitrogen and oxygen atoms in total. The van der Waals surface area contributed by atoms with Crippen molar-refractivity contribution in [3.63, 3.8) is 0 Å². The molecule has 0 aromatic heterocycles. The van der Waals surface area contributed by atoms with Crippen molar-refractivity contribution in [2.75, 3.05) is 7.11 Å². The Kier molecular flexibility index (Phi) is 2.11. The van der Waals surface area contributed by atoms with Crippen molar-refractivity contribution in [1.82, 2.24) is 5.01 Å². The minimum Gasteiger partial charge on any atom is -0.477 e. The van der Waals surface area contributed by atoms with Gasteiger partial charge in [-0.15, -0.1) is 5.10 Å². The van der Waals surface area contributed by atoms with Crippen molar-refractivity contribution in [3.8, 4) is 0 Å². The number of nitrogens with zero attached hydrogens (tertiary/aromatic N) is 2.